The lowest BCUT2D eigenvalue weighted by Crippen LogP contribution is -1.94. The van der Waals surface area contributed by atoms with Gasteiger partial charge in [0, 0.05) is 11.8 Å². The summed E-state index contributed by atoms with van der Waals surface area (Å²) in [5.74, 6) is -3.78. The van der Waals surface area contributed by atoms with Crippen LogP contribution in [0.5, 0.6) is 0 Å². The van der Waals surface area contributed by atoms with Crippen LogP contribution in [0, 0.1) is 11.8 Å². The van der Waals surface area contributed by atoms with Gasteiger partial charge in [-0.3, -0.25) is 4.79 Å². The maximum absolute atomic E-state index is 13.0. The van der Waals surface area contributed by atoms with Crippen molar-refractivity contribution in [3.8, 4) is 0 Å². The van der Waals surface area contributed by atoms with E-state index in [2.05, 4.69) is 6.92 Å². The fraction of sp³-hybridized carbons (Fsp3) is 0.727. The van der Waals surface area contributed by atoms with Crippen molar-refractivity contribution >= 4 is 6.29 Å². The number of hydrogen-bond donors (Lipinski definition) is 0. The molecule has 0 saturated heterocycles. The molecule has 0 radical (unpaired) electrons. The monoisotopic (exact) mass is 202 g/mol. The zero-order valence-electron chi connectivity index (χ0n) is 8.38. The molecular formula is C11H16F2O. The molecule has 1 nitrogen and oxygen atoms in total. The smallest absolute Gasteiger partial charge is 0.258 e. The molecule has 0 amide bonds. The van der Waals surface area contributed by atoms with E-state index in [1.807, 2.05) is 0 Å². The summed E-state index contributed by atoms with van der Waals surface area (Å²) < 4.78 is 26.1. The van der Waals surface area contributed by atoms with Crippen molar-refractivity contribution in [3.05, 3.63) is 12.2 Å². The van der Waals surface area contributed by atoms with Crippen molar-refractivity contribution in [1.29, 1.82) is 0 Å². The second kappa shape index (κ2) is 4.67. The van der Waals surface area contributed by atoms with E-state index in [1.165, 1.54) is 12.2 Å². The number of rotatable bonds is 6. The molecule has 0 N–H and O–H groups in total. The lowest BCUT2D eigenvalue weighted by atomic mass is 10.1. The molecule has 0 spiro atoms. The van der Waals surface area contributed by atoms with Crippen molar-refractivity contribution in [2.45, 2.75) is 38.5 Å². The Balaban J connectivity index is 2.33. The number of alkyl halides is 2. The van der Waals surface area contributed by atoms with Crippen LogP contribution in [0.25, 0.3) is 0 Å². The van der Waals surface area contributed by atoms with Crippen LogP contribution in [-0.4, -0.2) is 12.2 Å². The van der Waals surface area contributed by atoms with Gasteiger partial charge in [0.25, 0.3) is 5.92 Å². The lowest BCUT2D eigenvalue weighted by Gasteiger charge is -1.95. The van der Waals surface area contributed by atoms with Gasteiger partial charge in [-0.2, -0.15) is 0 Å². The summed E-state index contributed by atoms with van der Waals surface area (Å²) in [6.45, 7) is 2.05. The molecule has 0 aromatic rings. The summed E-state index contributed by atoms with van der Waals surface area (Å²) in [5, 5.41) is 0. The Bertz CT molecular complexity index is 223. The van der Waals surface area contributed by atoms with Crippen LogP contribution in [0.1, 0.15) is 32.6 Å². The van der Waals surface area contributed by atoms with Crippen LogP contribution >= 0.6 is 0 Å². The number of carbonyl (C=O) groups is 1. The molecule has 1 fully saturated rings. The van der Waals surface area contributed by atoms with Gasteiger partial charge >= 0.3 is 0 Å². The van der Waals surface area contributed by atoms with Gasteiger partial charge in [0.2, 0.25) is 0 Å². The lowest BCUT2D eigenvalue weighted by molar-refractivity contribution is -0.104. The zero-order valence-corrected chi connectivity index (χ0v) is 8.38. The molecule has 0 aromatic heterocycles. The van der Waals surface area contributed by atoms with Crippen LogP contribution in [0.2, 0.25) is 0 Å². The van der Waals surface area contributed by atoms with Gasteiger partial charge in [-0.1, -0.05) is 32.3 Å². The minimum atomic E-state index is -2.56. The summed E-state index contributed by atoms with van der Waals surface area (Å²) in [6.07, 6.45) is 6.57. The summed E-state index contributed by atoms with van der Waals surface area (Å²) in [7, 11) is 0. The number of hydrogen-bond acceptors (Lipinski definition) is 1. The quantitative estimate of drug-likeness (QED) is 0.367. The Kier molecular flexibility index (Phi) is 3.78. The SMILES string of the molecule is CCCCCC1[C@@H](/C=C/C=O)C1(F)F. The molecule has 1 rings (SSSR count). The van der Waals surface area contributed by atoms with Crippen molar-refractivity contribution < 1.29 is 13.6 Å². The molecule has 2 atom stereocenters. The Hall–Kier alpha value is -0.730. The summed E-state index contributed by atoms with van der Waals surface area (Å²) >= 11 is 0. The van der Waals surface area contributed by atoms with Gasteiger partial charge in [-0.25, -0.2) is 8.78 Å². The van der Waals surface area contributed by atoms with E-state index in [1.54, 1.807) is 0 Å². The number of aldehydes is 1. The van der Waals surface area contributed by atoms with Gasteiger partial charge in [0.15, 0.2) is 0 Å². The highest BCUT2D eigenvalue weighted by molar-refractivity contribution is 5.65. The van der Waals surface area contributed by atoms with Gasteiger partial charge in [-0.15, -0.1) is 0 Å². The van der Waals surface area contributed by atoms with Crippen molar-refractivity contribution in [2.24, 2.45) is 11.8 Å². The third-order valence-corrected chi connectivity index (χ3v) is 2.78. The fourth-order valence-electron chi connectivity index (χ4n) is 1.83. The predicted octanol–water partition coefficient (Wildman–Crippen LogP) is 3.20. The number of carbonyl (C=O) groups excluding carboxylic acids is 1. The van der Waals surface area contributed by atoms with E-state index in [9.17, 15) is 13.6 Å². The van der Waals surface area contributed by atoms with Gasteiger partial charge in [0.05, 0.1) is 0 Å². The van der Waals surface area contributed by atoms with Crippen LogP contribution in [0.15, 0.2) is 12.2 Å². The average molecular weight is 202 g/mol. The average Bonchev–Trinajstić information content (AvgIpc) is 2.65. The molecular weight excluding hydrogens is 186 g/mol. The highest BCUT2D eigenvalue weighted by atomic mass is 19.3. The Morgan fingerprint density at radius 1 is 1.36 bits per heavy atom. The van der Waals surface area contributed by atoms with Gasteiger partial charge < -0.3 is 0 Å². The molecule has 0 aliphatic heterocycles. The largest absolute Gasteiger partial charge is 0.299 e. The van der Waals surface area contributed by atoms with E-state index >= 15 is 0 Å². The molecule has 0 heterocycles. The minimum Gasteiger partial charge on any atom is -0.299 e. The fourth-order valence-corrected chi connectivity index (χ4v) is 1.83. The van der Waals surface area contributed by atoms with Crippen LogP contribution in [-0.2, 0) is 4.79 Å². The van der Waals surface area contributed by atoms with Gasteiger partial charge in [0.1, 0.15) is 6.29 Å². The molecule has 1 aliphatic rings. The van der Waals surface area contributed by atoms with E-state index in [0.717, 1.165) is 19.3 Å². The maximum atomic E-state index is 13.0. The summed E-state index contributed by atoms with van der Waals surface area (Å²) in [5.41, 5.74) is 0. The van der Waals surface area contributed by atoms with Crippen molar-refractivity contribution in [2.75, 3.05) is 0 Å². The molecule has 3 heteroatoms. The second-order valence-electron chi connectivity index (χ2n) is 3.82. The zero-order chi connectivity index (χ0) is 10.6. The number of unbranched alkanes of at least 4 members (excludes halogenated alkanes) is 2. The Labute approximate surface area is 83.2 Å². The number of allylic oxidation sites excluding steroid dienone is 2. The second-order valence-corrected chi connectivity index (χ2v) is 3.82. The van der Waals surface area contributed by atoms with E-state index < -0.39 is 17.8 Å². The molecule has 14 heavy (non-hydrogen) atoms. The van der Waals surface area contributed by atoms with Crippen molar-refractivity contribution in [3.63, 3.8) is 0 Å². The third kappa shape index (κ3) is 2.40. The van der Waals surface area contributed by atoms with Crippen molar-refractivity contribution in [1.82, 2.24) is 0 Å². The summed E-state index contributed by atoms with van der Waals surface area (Å²) in [4.78, 5) is 9.98. The Morgan fingerprint density at radius 3 is 2.64 bits per heavy atom. The first kappa shape index (κ1) is 11.3. The topological polar surface area (TPSA) is 17.1 Å². The normalized spacial score (nSPS) is 29.4. The Morgan fingerprint density at radius 2 is 2.07 bits per heavy atom. The van der Waals surface area contributed by atoms with Gasteiger partial charge in [-0.05, 0) is 12.5 Å². The molecule has 1 aliphatic carbocycles. The highest BCUT2D eigenvalue weighted by Gasteiger charge is 2.65. The van der Waals surface area contributed by atoms with E-state index in [-0.39, 0.29) is 0 Å². The molecule has 1 saturated carbocycles. The highest BCUT2D eigenvalue weighted by Crippen LogP contribution is 2.58. The first-order chi connectivity index (χ1) is 6.64. The van der Waals surface area contributed by atoms with E-state index in [4.69, 9.17) is 0 Å². The standard InChI is InChI=1S/C11H16F2O/c1-2-3-4-6-9-10(7-5-8-14)11(9,12)13/h5,7-10H,2-4,6H2,1H3/b7-5+/t9?,10-/m1/s1. The first-order valence-corrected chi connectivity index (χ1v) is 5.14. The predicted molar refractivity (Wildman–Crippen MR) is 51.3 cm³/mol. The first-order valence-electron chi connectivity index (χ1n) is 5.14. The molecule has 0 aromatic carbocycles. The van der Waals surface area contributed by atoms with Crippen LogP contribution in [0.4, 0.5) is 8.78 Å². The maximum Gasteiger partial charge on any atom is 0.258 e. The third-order valence-electron chi connectivity index (χ3n) is 2.78. The molecule has 80 valence electrons. The minimum absolute atomic E-state index is 0.523. The van der Waals surface area contributed by atoms with Crippen LogP contribution < -0.4 is 0 Å². The van der Waals surface area contributed by atoms with Crippen LogP contribution in [0.3, 0.4) is 0 Å². The summed E-state index contributed by atoms with van der Waals surface area (Å²) in [6, 6.07) is 0. The number of halogens is 2. The molecule has 0 bridgehead atoms. The molecule has 1 unspecified atom stereocenters. The van der Waals surface area contributed by atoms with E-state index in [0.29, 0.717) is 12.7 Å².